The molecular formula is C20H20F4N2O2. The highest BCUT2D eigenvalue weighted by atomic mass is 19.4. The molecular weight excluding hydrogens is 376 g/mol. The van der Waals surface area contributed by atoms with Crippen LogP contribution >= 0.6 is 0 Å². The molecule has 1 aliphatic heterocycles. The number of rotatable bonds is 5. The van der Waals surface area contributed by atoms with Gasteiger partial charge in [0.25, 0.3) is 0 Å². The van der Waals surface area contributed by atoms with Crippen LogP contribution in [0.25, 0.3) is 5.70 Å². The zero-order chi connectivity index (χ0) is 20.3. The predicted octanol–water partition coefficient (Wildman–Crippen LogP) is 4.74. The Labute approximate surface area is 160 Å². The van der Waals surface area contributed by atoms with E-state index in [1.807, 2.05) is 19.1 Å². The van der Waals surface area contributed by atoms with Crippen LogP contribution in [0.1, 0.15) is 24.5 Å². The van der Waals surface area contributed by atoms with Crippen molar-refractivity contribution in [1.82, 2.24) is 10.4 Å². The number of aliphatic hydroxyl groups excluding tert-OH is 1. The number of nitrogens with zero attached hydrogens (tertiary/aromatic N) is 1. The lowest BCUT2D eigenvalue weighted by Crippen LogP contribution is -2.34. The summed E-state index contributed by atoms with van der Waals surface area (Å²) in [7, 11) is 0. The fourth-order valence-corrected chi connectivity index (χ4v) is 2.98. The number of alkyl halides is 3. The first-order chi connectivity index (χ1) is 13.2. The minimum absolute atomic E-state index is 0.0432. The normalized spacial score (nSPS) is 20.0. The molecule has 1 unspecified atom stereocenters. The number of aliphatic hydroxyl groups is 1. The van der Waals surface area contributed by atoms with E-state index in [1.54, 1.807) is 29.3 Å². The molecule has 2 aliphatic rings. The first-order valence-electron chi connectivity index (χ1n) is 8.70. The van der Waals surface area contributed by atoms with E-state index in [0.29, 0.717) is 23.2 Å². The highest BCUT2D eigenvalue weighted by Gasteiger charge is 2.28. The van der Waals surface area contributed by atoms with Crippen LogP contribution < -0.4 is 5.43 Å². The zero-order valence-corrected chi connectivity index (χ0v) is 15.1. The molecule has 28 heavy (non-hydrogen) atoms. The van der Waals surface area contributed by atoms with E-state index in [2.05, 4.69) is 10.2 Å². The number of ether oxygens (including phenoxy) is 1. The molecule has 8 heteroatoms. The summed E-state index contributed by atoms with van der Waals surface area (Å²) in [5.41, 5.74) is 5.44. The second-order valence-corrected chi connectivity index (χ2v) is 6.62. The highest BCUT2D eigenvalue weighted by molar-refractivity contribution is 5.69. The van der Waals surface area contributed by atoms with Crippen LogP contribution in [0.15, 0.2) is 60.0 Å². The fourth-order valence-electron chi connectivity index (χ4n) is 2.98. The van der Waals surface area contributed by atoms with E-state index < -0.39 is 18.6 Å². The van der Waals surface area contributed by atoms with E-state index in [-0.39, 0.29) is 18.4 Å². The van der Waals surface area contributed by atoms with Crippen LogP contribution in [0.5, 0.6) is 0 Å². The summed E-state index contributed by atoms with van der Waals surface area (Å²) in [6.07, 6.45) is 4.79. The summed E-state index contributed by atoms with van der Waals surface area (Å²) in [6.45, 7) is 0.181. The number of allylic oxidation sites excluding steroid dienone is 4. The predicted molar refractivity (Wildman–Crippen MR) is 97.1 cm³/mol. The van der Waals surface area contributed by atoms with Crippen molar-refractivity contribution in [2.75, 3.05) is 6.61 Å². The minimum atomic E-state index is -4.43. The van der Waals surface area contributed by atoms with Gasteiger partial charge in [-0.15, -0.1) is 0 Å². The van der Waals surface area contributed by atoms with Crippen molar-refractivity contribution >= 4 is 5.70 Å². The summed E-state index contributed by atoms with van der Waals surface area (Å²) in [6, 6.07) is 4.03. The Bertz CT molecular complexity index is 856. The molecule has 0 fully saturated rings. The van der Waals surface area contributed by atoms with Crippen LogP contribution in [0, 0.1) is 5.82 Å². The molecule has 1 aromatic carbocycles. The van der Waals surface area contributed by atoms with Gasteiger partial charge in [-0.2, -0.15) is 13.2 Å². The van der Waals surface area contributed by atoms with Crippen molar-refractivity contribution in [1.29, 1.82) is 0 Å². The molecule has 0 spiro atoms. The van der Waals surface area contributed by atoms with Crippen molar-refractivity contribution in [3.05, 3.63) is 77.0 Å². The smallest absolute Gasteiger partial charge is 0.411 e. The maximum Gasteiger partial charge on any atom is 0.411 e. The molecule has 0 radical (unpaired) electrons. The lowest BCUT2D eigenvalue weighted by Gasteiger charge is -2.25. The van der Waals surface area contributed by atoms with Gasteiger partial charge in [-0.25, -0.2) is 9.82 Å². The van der Waals surface area contributed by atoms with Crippen LogP contribution in [-0.4, -0.2) is 28.9 Å². The lowest BCUT2D eigenvalue weighted by atomic mass is 10.1. The number of hydrogen-bond acceptors (Lipinski definition) is 4. The first kappa shape index (κ1) is 20.2. The molecule has 3 rings (SSSR count). The van der Waals surface area contributed by atoms with Crippen molar-refractivity contribution in [2.45, 2.75) is 32.2 Å². The minimum Gasteiger partial charge on any atom is -0.512 e. The van der Waals surface area contributed by atoms with Crippen LogP contribution in [-0.2, 0) is 11.3 Å². The van der Waals surface area contributed by atoms with Crippen LogP contribution in [0.4, 0.5) is 17.6 Å². The lowest BCUT2D eigenvalue weighted by molar-refractivity contribution is -0.176. The summed E-state index contributed by atoms with van der Waals surface area (Å²) < 4.78 is 55.6. The molecule has 0 aromatic heterocycles. The van der Waals surface area contributed by atoms with Gasteiger partial charge >= 0.3 is 6.18 Å². The second kappa shape index (κ2) is 8.20. The van der Waals surface area contributed by atoms with E-state index in [4.69, 9.17) is 0 Å². The Morgan fingerprint density at radius 3 is 2.79 bits per heavy atom. The summed E-state index contributed by atoms with van der Waals surface area (Å²) in [4.78, 5) is 0. The number of halogens is 4. The Hall–Kier alpha value is -2.58. The molecule has 0 amide bonds. The highest BCUT2D eigenvalue weighted by Crippen LogP contribution is 2.30. The third-order valence-corrected chi connectivity index (χ3v) is 4.09. The topological polar surface area (TPSA) is 44.7 Å². The molecule has 0 saturated heterocycles. The monoisotopic (exact) mass is 396 g/mol. The number of hydrogen-bond donors (Lipinski definition) is 2. The standard InChI is InChI=1S/C20H20F4N2O2/c1-13-7-19(26(25-13)17-3-2-4-18(27)6-5-17)15-8-14(9-16(21)10-15)11-28-12-20(22,23)24/h2-3,5-10,13,25,27H,4,11-12H2,1H3. The van der Waals surface area contributed by atoms with Gasteiger partial charge in [0.15, 0.2) is 0 Å². The molecule has 4 nitrogen and oxygen atoms in total. The quantitative estimate of drug-likeness (QED) is 0.706. The average Bonchev–Trinajstić information content (AvgIpc) is 2.84. The number of nitrogens with one attached hydrogen (secondary N) is 1. The largest absolute Gasteiger partial charge is 0.512 e. The Balaban J connectivity index is 1.85. The van der Waals surface area contributed by atoms with E-state index >= 15 is 0 Å². The van der Waals surface area contributed by atoms with Gasteiger partial charge in [-0.1, -0.05) is 6.08 Å². The Kier molecular flexibility index (Phi) is 5.90. The molecule has 1 aliphatic carbocycles. The summed E-state index contributed by atoms with van der Waals surface area (Å²) in [5, 5.41) is 11.4. The molecule has 1 atom stereocenters. The van der Waals surface area contributed by atoms with E-state index in [1.165, 1.54) is 6.07 Å². The van der Waals surface area contributed by atoms with Gasteiger partial charge in [-0.3, -0.25) is 5.01 Å². The summed E-state index contributed by atoms with van der Waals surface area (Å²) >= 11 is 0. The van der Waals surface area contributed by atoms with Crippen molar-refractivity contribution in [3.63, 3.8) is 0 Å². The second-order valence-electron chi connectivity index (χ2n) is 6.62. The van der Waals surface area contributed by atoms with Crippen molar-refractivity contribution < 1.29 is 27.4 Å². The molecule has 1 heterocycles. The van der Waals surface area contributed by atoms with E-state index in [0.717, 1.165) is 11.8 Å². The van der Waals surface area contributed by atoms with Gasteiger partial charge in [0, 0.05) is 18.0 Å². The molecule has 150 valence electrons. The fraction of sp³-hybridized carbons (Fsp3) is 0.300. The zero-order valence-electron chi connectivity index (χ0n) is 15.1. The third-order valence-electron chi connectivity index (χ3n) is 4.09. The third kappa shape index (κ3) is 5.24. The average molecular weight is 396 g/mol. The Morgan fingerprint density at radius 1 is 1.25 bits per heavy atom. The SMILES string of the molecule is CC1C=C(c2cc(F)cc(COCC(F)(F)F)c2)N(C2=CC=C(O)CC=C2)N1. The van der Waals surface area contributed by atoms with E-state index in [9.17, 15) is 22.7 Å². The number of hydrazine groups is 1. The van der Waals surface area contributed by atoms with Gasteiger partial charge in [-0.05, 0) is 55.0 Å². The summed E-state index contributed by atoms with van der Waals surface area (Å²) in [5.74, 6) is -0.342. The van der Waals surface area contributed by atoms with Crippen LogP contribution in [0.3, 0.4) is 0 Å². The van der Waals surface area contributed by atoms with Gasteiger partial charge in [0.1, 0.15) is 12.4 Å². The maximum atomic E-state index is 14.1. The molecule has 0 bridgehead atoms. The van der Waals surface area contributed by atoms with Gasteiger partial charge < -0.3 is 9.84 Å². The Morgan fingerprint density at radius 2 is 2.04 bits per heavy atom. The van der Waals surface area contributed by atoms with Gasteiger partial charge in [0.05, 0.1) is 23.8 Å². The van der Waals surface area contributed by atoms with Gasteiger partial charge in [0.2, 0.25) is 0 Å². The first-order valence-corrected chi connectivity index (χ1v) is 8.70. The molecule has 1 aromatic rings. The molecule has 0 saturated carbocycles. The number of benzene rings is 1. The van der Waals surface area contributed by atoms with Crippen LogP contribution in [0.2, 0.25) is 0 Å². The maximum absolute atomic E-state index is 14.1. The van der Waals surface area contributed by atoms with Crippen molar-refractivity contribution in [2.24, 2.45) is 0 Å². The molecule has 2 N–H and O–H groups in total. The van der Waals surface area contributed by atoms with Crippen molar-refractivity contribution in [3.8, 4) is 0 Å².